The third kappa shape index (κ3) is 13.9. The van der Waals surface area contributed by atoms with Crippen molar-refractivity contribution in [2.24, 2.45) is 0 Å². The molecule has 10 nitrogen and oxygen atoms in total. The second-order valence-corrected chi connectivity index (χ2v) is 9.95. The zero-order valence-corrected chi connectivity index (χ0v) is 25.5. The number of benzene rings is 2. The Hall–Kier alpha value is -3.70. The number of nitrogens with one attached hydrogen (secondary N) is 1. The number of aliphatic carboxylic acids is 2. The number of unbranched alkanes of at least 4 members (excludes halogenated alkanes) is 1. The third-order valence-electron chi connectivity index (χ3n) is 6.29. The fourth-order valence-corrected chi connectivity index (χ4v) is 4.52. The van der Waals surface area contributed by atoms with Gasteiger partial charge in [-0.3, -0.25) is 0 Å². The molecule has 0 aliphatic carbocycles. The van der Waals surface area contributed by atoms with E-state index in [1.165, 1.54) is 34.1 Å². The molecule has 234 valence electrons. The number of anilines is 2. The molecule has 1 aliphatic heterocycles. The quantitative estimate of drug-likeness (QED) is 0.135. The van der Waals surface area contributed by atoms with Gasteiger partial charge in [-0.2, -0.15) is 0 Å². The molecule has 0 saturated heterocycles. The van der Waals surface area contributed by atoms with E-state index in [0.29, 0.717) is 45.1 Å². The molecule has 3 rings (SSSR count). The zero-order chi connectivity index (χ0) is 31.5. The minimum Gasteiger partial charge on any atom is -0.478 e. The number of halogens is 1. The molecule has 0 atom stereocenters. The van der Waals surface area contributed by atoms with E-state index >= 15 is 0 Å². The van der Waals surface area contributed by atoms with Crippen molar-refractivity contribution in [3.05, 3.63) is 82.4 Å². The molecule has 0 saturated carbocycles. The van der Waals surface area contributed by atoms with Crippen LogP contribution >= 0.6 is 11.6 Å². The number of ether oxygens (including phenoxy) is 3. The number of carbonyl (C=O) groups excluding carboxylic acids is 1. The number of carboxylic acids is 2. The van der Waals surface area contributed by atoms with E-state index in [0.717, 1.165) is 43.8 Å². The molecule has 43 heavy (non-hydrogen) atoms. The summed E-state index contributed by atoms with van der Waals surface area (Å²) in [7, 11) is 1.68. The molecule has 0 amide bonds. The Bertz CT molecular complexity index is 1230. The molecule has 0 radical (unpaired) electrons. The molecule has 11 heteroatoms. The molecule has 3 N–H and O–H groups in total. The highest BCUT2D eigenvalue weighted by atomic mass is 35.5. The van der Waals surface area contributed by atoms with E-state index < -0.39 is 11.9 Å². The van der Waals surface area contributed by atoms with Gasteiger partial charge in [0.05, 0.1) is 26.4 Å². The maximum atomic E-state index is 11.3. The Balaban J connectivity index is 0.000000708. The van der Waals surface area contributed by atoms with Crippen molar-refractivity contribution in [1.29, 1.82) is 0 Å². The summed E-state index contributed by atoms with van der Waals surface area (Å²) in [5, 5.41) is 19.7. The van der Waals surface area contributed by atoms with Gasteiger partial charge in [-0.15, -0.1) is 0 Å². The number of carboxylic acid groups (broad SMARTS) is 2. The van der Waals surface area contributed by atoms with Crippen molar-refractivity contribution >= 4 is 40.9 Å². The maximum Gasteiger partial charge on any atom is 0.330 e. The van der Waals surface area contributed by atoms with Crippen LogP contribution in [0.4, 0.5) is 11.4 Å². The number of aryl methyl sites for hydroxylation is 2. The van der Waals surface area contributed by atoms with Crippen molar-refractivity contribution in [3.63, 3.8) is 0 Å². The van der Waals surface area contributed by atoms with Crippen LogP contribution in [0.25, 0.3) is 0 Å². The van der Waals surface area contributed by atoms with Crippen LogP contribution in [0.5, 0.6) is 0 Å². The molecule has 0 fully saturated rings. The number of hydrogen-bond acceptors (Lipinski definition) is 8. The van der Waals surface area contributed by atoms with Crippen molar-refractivity contribution in [3.8, 4) is 0 Å². The minimum absolute atomic E-state index is 0.295. The summed E-state index contributed by atoms with van der Waals surface area (Å²) in [5.41, 5.74) is 6.30. The lowest BCUT2D eigenvalue weighted by atomic mass is 10.0. The summed E-state index contributed by atoms with van der Waals surface area (Å²) in [6, 6.07) is 12.9. The molecular formula is C32H41ClN2O8. The molecular weight excluding hydrogens is 576 g/mol. The normalized spacial score (nSPS) is 12.3. The number of carbonyl (C=O) groups is 3. The van der Waals surface area contributed by atoms with Crippen LogP contribution in [0.2, 0.25) is 5.02 Å². The predicted molar refractivity (Wildman–Crippen MR) is 166 cm³/mol. The lowest BCUT2D eigenvalue weighted by molar-refractivity contribution is -0.137. The van der Waals surface area contributed by atoms with Crippen molar-refractivity contribution in [2.45, 2.75) is 39.2 Å². The fraction of sp³-hybridized carbons (Fsp3) is 0.406. The molecule has 0 spiro atoms. The lowest BCUT2D eigenvalue weighted by Gasteiger charge is -2.27. The third-order valence-corrected chi connectivity index (χ3v) is 6.53. The van der Waals surface area contributed by atoms with Gasteiger partial charge in [0.1, 0.15) is 0 Å². The standard InChI is InChI=1S/C28H37ClN2O4.C4H4O4/c1-3-35-28(32)7-6-15-30-14-4-5-16-31-26-13-8-22(21-34-18-17-33-2)19-24(26)10-9-23-11-12-25(29)20-27(23)31;5-3(6)1-2-4(7)8/h6-8,11-13,19-20,30H,3-5,9-10,14-18,21H2,1-2H3;1-2H,(H,5,6)(H,7,8)/b7-6+;2-1-. The molecule has 0 unspecified atom stereocenters. The van der Waals surface area contributed by atoms with E-state index in [9.17, 15) is 14.4 Å². The second kappa shape index (κ2) is 20.2. The Morgan fingerprint density at radius 2 is 1.70 bits per heavy atom. The molecule has 2 aromatic carbocycles. The van der Waals surface area contributed by atoms with E-state index in [1.54, 1.807) is 20.1 Å². The first-order chi connectivity index (χ1) is 20.7. The topological polar surface area (TPSA) is 135 Å². The number of nitrogens with zero attached hydrogens (tertiary/aromatic N) is 1. The van der Waals surface area contributed by atoms with Crippen LogP contribution in [0.3, 0.4) is 0 Å². The number of methoxy groups -OCH3 is 1. The van der Waals surface area contributed by atoms with Crippen LogP contribution in [-0.4, -0.2) is 74.7 Å². The molecule has 1 heterocycles. The number of rotatable bonds is 16. The molecule has 2 aromatic rings. The maximum absolute atomic E-state index is 11.3. The number of fused-ring (bicyclic) bond motifs is 2. The van der Waals surface area contributed by atoms with Gasteiger partial charge in [-0.1, -0.05) is 35.9 Å². The Morgan fingerprint density at radius 3 is 2.40 bits per heavy atom. The molecule has 0 bridgehead atoms. The average Bonchev–Trinajstić information content (AvgIpc) is 3.12. The Labute approximate surface area is 257 Å². The summed E-state index contributed by atoms with van der Waals surface area (Å²) in [5.74, 6) is -2.81. The summed E-state index contributed by atoms with van der Waals surface area (Å²) in [6.07, 6.45) is 8.42. The predicted octanol–water partition coefficient (Wildman–Crippen LogP) is 4.94. The highest BCUT2D eigenvalue weighted by Crippen LogP contribution is 2.38. The van der Waals surface area contributed by atoms with Gasteiger partial charge in [-0.05, 0) is 74.0 Å². The first-order valence-electron chi connectivity index (χ1n) is 14.2. The monoisotopic (exact) mass is 616 g/mol. The van der Waals surface area contributed by atoms with E-state index in [4.69, 9.17) is 36.0 Å². The van der Waals surface area contributed by atoms with E-state index in [-0.39, 0.29) is 5.97 Å². The average molecular weight is 617 g/mol. The SMILES string of the molecule is CCOC(=O)/C=C/CNCCCCN1c2ccc(COCCOC)cc2CCc2ccc(Cl)cc21.O=C(O)/C=C\C(=O)O. The first kappa shape index (κ1) is 35.5. The van der Waals surface area contributed by atoms with Crippen LogP contribution in [-0.2, 0) is 48.0 Å². The van der Waals surface area contributed by atoms with Gasteiger partial charge in [-0.25, -0.2) is 14.4 Å². The van der Waals surface area contributed by atoms with E-state index in [1.807, 2.05) is 6.07 Å². The van der Waals surface area contributed by atoms with Crippen molar-refractivity contribution in [2.75, 3.05) is 51.5 Å². The highest BCUT2D eigenvalue weighted by Gasteiger charge is 2.21. The van der Waals surface area contributed by atoms with E-state index in [2.05, 4.69) is 40.5 Å². The number of esters is 1. The van der Waals surface area contributed by atoms with Gasteiger partial charge < -0.3 is 34.6 Å². The largest absolute Gasteiger partial charge is 0.478 e. The smallest absolute Gasteiger partial charge is 0.330 e. The summed E-state index contributed by atoms with van der Waals surface area (Å²) >= 11 is 6.40. The summed E-state index contributed by atoms with van der Waals surface area (Å²) in [6.45, 7) is 6.43. The van der Waals surface area contributed by atoms with Gasteiger partial charge in [0.25, 0.3) is 0 Å². The fourth-order valence-electron chi connectivity index (χ4n) is 4.36. The van der Waals surface area contributed by atoms with Gasteiger partial charge >= 0.3 is 17.9 Å². The Kier molecular flexibility index (Phi) is 16.7. The molecule has 1 aliphatic rings. The van der Waals surface area contributed by atoms with Crippen LogP contribution < -0.4 is 10.2 Å². The molecule has 0 aromatic heterocycles. The summed E-state index contributed by atoms with van der Waals surface area (Å²) in [4.78, 5) is 32.9. The van der Waals surface area contributed by atoms with Crippen LogP contribution in [0, 0.1) is 0 Å². The number of hydrogen-bond donors (Lipinski definition) is 3. The van der Waals surface area contributed by atoms with Gasteiger partial charge in [0.2, 0.25) is 0 Å². The van der Waals surface area contributed by atoms with Gasteiger partial charge in [0, 0.05) is 54.8 Å². The minimum atomic E-state index is -1.26. The Morgan fingerprint density at radius 1 is 0.953 bits per heavy atom. The second-order valence-electron chi connectivity index (χ2n) is 9.51. The van der Waals surface area contributed by atoms with Crippen molar-refractivity contribution < 1.29 is 38.8 Å². The highest BCUT2D eigenvalue weighted by molar-refractivity contribution is 6.30. The van der Waals surface area contributed by atoms with Crippen LogP contribution in [0.1, 0.15) is 36.5 Å². The lowest BCUT2D eigenvalue weighted by Crippen LogP contribution is -2.22. The van der Waals surface area contributed by atoms with Gasteiger partial charge in [0.15, 0.2) is 0 Å². The van der Waals surface area contributed by atoms with Crippen LogP contribution in [0.15, 0.2) is 60.7 Å². The first-order valence-corrected chi connectivity index (χ1v) is 14.5. The zero-order valence-electron chi connectivity index (χ0n) is 24.7. The summed E-state index contributed by atoms with van der Waals surface area (Å²) < 4.78 is 15.7. The van der Waals surface area contributed by atoms with Crippen molar-refractivity contribution in [1.82, 2.24) is 5.32 Å².